The number of aliphatic carboxylic acids is 1. The molecule has 0 heterocycles. The summed E-state index contributed by atoms with van der Waals surface area (Å²) >= 11 is 0. The van der Waals surface area contributed by atoms with Gasteiger partial charge in [-0.1, -0.05) is 38.2 Å². The molecule has 1 aromatic carbocycles. The minimum Gasteiger partial charge on any atom is -0.482 e. The highest BCUT2D eigenvalue weighted by atomic mass is 16.5. The van der Waals surface area contributed by atoms with Crippen molar-refractivity contribution in [2.24, 2.45) is 17.8 Å². The molecule has 156 valence electrons. The van der Waals surface area contributed by atoms with Crippen LogP contribution in [0.25, 0.3) is 0 Å². The Morgan fingerprint density at radius 1 is 1.43 bits per heavy atom. The standard InChI is InChI=1S/C23H34O5/c1-2-3-4-7-17(24)9-10-18-19-11-15-6-5-8-22(28-14-23(26)27)20(15)12-16(19)13-21(18)25/h5-6,8,16-19,21,24-25H,2-4,7,9-14H2,1H3,(H,26,27)/t16-,17+,18+,19-,21+/m0/s1/i1D3,7D2,10D2,17D. The summed E-state index contributed by atoms with van der Waals surface area (Å²) in [6.07, 6.45) is -9.24. The summed E-state index contributed by atoms with van der Waals surface area (Å²) in [5, 5.41) is 30.5. The molecule has 0 bridgehead atoms. The smallest absolute Gasteiger partial charge is 0.341 e. The average molecular weight is 399 g/mol. The molecule has 1 saturated carbocycles. The molecule has 5 atom stereocenters. The van der Waals surface area contributed by atoms with E-state index in [9.17, 15) is 15.0 Å². The van der Waals surface area contributed by atoms with E-state index in [1.165, 1.54) is 0 Å². The van der Waals surface area contributed by atoms with Crippen LogP contribution in [0.15, 0.2) is 18.2 Å². The Morgan fingerprint density at radius 2 is 2.29 bits per heavy atom. The van der Waals surface area contributed by atoms with Gasteiger partial charge in [-0.25, -0.2) is 4.79 Å². The molecule has 5 nitrogen and oxygen atoms in total. The molecule has 2 aliphatic carbocycles. The molecule has 0 spiro atoms. The van der Waals surface area contributed by atoms with Crippen LogP contribution in [0.5, 0.6) is 5.75 Å². The van der Waals surface area contributed by atoms with E-state index in [0.29, 0.717) is 18.6 Å². The molecular weight excluding hydrogens is 356 g/mol. The number of hydrogen-bond donors (Lipinski definition) is 3. The number of carbonyl (C=O) groups is 1. The summed E-state index contributed by atoms with van der Waals surface area (Å²) in [5.74, 6) is -2.06. The van der Waals surface area contributed by atoms with E-state index in [4.69, 9.17) is 20.8 Å². The maximum absolute atomic E-state index is 10.9. The monoisotopic (exact) mass is 398 g/mol. The molecule has 3 N–H and O–H groups in total. The second-order valence-corrected chi connectivity index (χ2v) is 7.60. The van der Waals surface area contributed by atoms with Crippen LogP contribution >= 0.6 is 0 Å². The lowest BCUT2D eigenvalue weighted by Gasteiger charge is -2.32. The minimum absolute atomic E-state index is 0.0898. The van der Waals surface area contributed by atoms with E-state index in [0.717, 1.165) is 11.1 Å². The molecule has 28 heavy (non-hydrogen) atoms. The molecule has 0 saturated heterocycles. The Hall–Kier alpha value is -1.59. The third kappa shape index (κ3) is 5.06. The number of carboxylic acid groups (broad SMARTS) is 1. The zero-order valence-corrected chi connectivity index (χ0v) is 15.9. The lowest BCUT2D eigenvalue weighted by atomic mass is 9.73. The average Bonchev–Trinajstić information content (AvgIpc) is 3.03. The topological polar surface area (TPSA) is 87.0 Å². The molecule has 1 fully saturated rings. The van der Waals surface area contributed by atoms with Gasteiger partial charge in [0.25, 0.3) is 0 Å². The van der Waals surface area contributed by atoms with Crippen LogP contribution in [0.1, 0.15) is 73.8 Å². The van der Waals surface area contributed by atoms with Crippen molar-refractivity contribution in [1.29, 1.82) is 0 Å². The lowest BCUT2D eigenvalue weighted by molar-refractivity contribution is -0.139. The quantitative estimate of drug-likeness (QED) is 0.561. The van der Waals surface area contributed by atoms with Gasteiger partial charge in [0, 0.05) is 9.60 Å². The Kier molecular flexibility index (Phi) is 4.48. The van der Waals surface area contributed by atoms with Gasteiger partial charge in [0.2, 0.25) is 0 Å². The van der Waals surface area contributed by atoms with Crippen molar-refractivity contribution in [2.75, 3.05) is 6.61 Å². The minimum atomic E-state index is -2.83. The first-order valence-corrected chi connectivity index (χ1v) is 9.79. The largest absolute Gasteiger partial charge is 0.482 e. The summed E-state index contributed by atoms with van der Waals surface area (Å²) in [4.78, 5) is 10.9. The molecule has 0 amide bonds. The van der Waals surface area contributed by atoms with Crippen LogP contribution in [0, 0.1) is 17.8 Å². The first-order valence-electron chi connectivity index (χ1n) is 13.8. The molecule has 5 heteroatoms. The summed E-state index contributed by atoms with van der Waals surface area (Å²) in [6.45, 7) is -2.75. The van der Waals surface area contributed by atoms with Crippen molar-refractivity contribution in [2.45, 2.75) is 76.7 Å². The number of aliphatic hydroxyl groups excluding tert-OH is 1. The second-order valence-electron chi connectivity index (χ2n) is 7.60. The maximum atomic E-state index is 10.9. The number of aliphatic hydroxyl groups is 2. The van der Waals surface area contributed by atoms with E-state index in [-0.39, 0.29) is 31.1 Å². The SMILES string of the molecule is [2H]C([2H])([2H])CCCC([2H])([2H])[C@@]([2H])(O)CC([2H])([2H])[C@@H]1[C@H]2Cc3cccc(OCC(=O)O)c3C[C@H]2C[C@H]1O. The number of carboxylic acids is 1. The van der Waals surface area contributed by atoms with Crippen LogP contribution in [0.2, 0.25) is 0 Å². The molecule has 2 aliphatic rings. The Balaban J connectivity index is 1.77. The molecule has 1 aromatic rings. The van der Waals surface area contributed by atoms with Gasteiger partial charge >= 0.3 is 5.97 Å². The van der Waals surface area contributed by atoms with E-state index in [1.54, 1.807) is 12.1 Å². The predicted molar refractivity (Wildman–Crippen MR) is 107 cm³/mol. The molecule has 0 aromatic heterocycles. The fourth-order valence-electron chi connectivity index (χ4n) is 4.45. The lowest BCUT2D eigenvalue weighted by Crippen LogP contribution is -2.28. The van der Waals surface area contributed by atoms with Gasteiger partial charge in [-0.15, -0.1) is 0 Å². The molecular formula is C23H34O5. The number of benzene rings is 1. The highest BCUT2D eigenvalue weighted by Gasteiger charge is 2.44. The number of ether oxygens (including phenoxy) is 1. The molecule has 0 radical (unpaired) electrons. The van der Waals surface area contributed by atoms with Crippen molar-refractivity contribution in [3.8, 4) is 5.75 Å². The van der Waals surface area contributed by atoms with Crippen molar-refractivity contribution < 1.29 is 35.8 Å². The van der Waals surface area contributed by atoms with E-state index < -0.39 is 63.1 Å². The number of fused-ring (bicyclic) bond motifs is 2. The predicted octanol–water partition coefficient (Wildman–Crippen LogP) is 3.58. The van der Waals surface area contributed by atoms with Gasteiger partial charge in [0.05, 0.1) is 13.6 Å². The highest BCUT2D eigenvalue weighted by Crippen LogP contribution is 2.48. The van der Waals surface area contributed by atoms with Crippen molar-refractivity contribution >= 4 is 5.97 Å². The molecule has 3 rings (SSSR count). The van der Waals surface area contributed by atoms with Crippen LogP contribution in [-0.4, -0.2) is 40.1 Å². The van der Waals surface area contributed by atoms with Crippen LogP contribution in [0.3, 0.4) is 0 Å². The van der Waals surface area contributed by atoms with E-state index >= 15 is 0 Å². The number of hydrogen-bond acceptors (Lipinski definition) is 4. The normalized spacial score (nSPS) is 33.9. The Morgan fingerprint density at radius 3 is 3.07 bits per heavy atom. The summed E-state index contributed by atoms with van der Waals surface area (Å²) in [7, 11) is 0. The molecule has 0 aliphatic heterocycles. The first kappa shape index (κ1) is 12.9. The summed E-state index contributed by atoms with van der Waals surface area (Å²) in [6, 6.07) is 5.25. The van der Waals surface area contributed by atoms with Gasteiger partial charge in [-0.3, -0.25) is 0 Å². The van der Waals surface area contributed by atoms with Gasteiger partial charge in [-0.05, 0) is 73.4 Å². The van der Waals surface area contributed by atoms with Crippen molar-refractivity contribution in [3.63, 3.8) is 0 Å². The summed E-state index contributed by atoms with van der Waals surface area (Å²) < 4.78 is 69.2. The van der Waals surface area contributed by atoms with Crippen LogP contribution in [0.4, 0.5) is 0 Å². The van der Waals surface area contributed by atoms with E-state index in [1.807, 2.05) is 6.07 Å². The third-order valence-electron chi connectivity index (χ3n) is 5.72. The highest BCUT2D eigenvalue weighted by molar-refractivity contribution is 5.68. The second kappa shape index (κ2) is 9.75. The number of rotatable bonds is 10. The van der Waals surface area contributed by atoms with E-state index in [2.05, 4.69) is 0 Å². The van der Waals surface area contributed by atoms with Crippen molar-refractivity contribution in [1.82, 2.24) is 0 Å². The Labute approximate surface area is 179 Å². The van der Waals surface area contributed by atoms with Crippen LogP contribution in [-0.2, 0) is 17.6 Å². The van der Waals surface area contributed by atoms with Gasteiger partial charge in [-0.2, -0.15) is 0 Å². The Bertz CT molecular complexity index is 949. The summed E-state index contributed by atoms with van der Waals surface area (Å²) in [5.41, 5.74) is 1.69. The van der Waals surface area contributed by atoms with Crippen LogP contribution < -0.4 is 4.74 Å². The van der Waals surface area contributed by atoms with Gasteiger partial charge in [0.15, 0.2) is 6.61 Å². The zero-order chi connectivity index (χ0) is 27.1. The fraction of sp³-hybridized carbons (Fsp3) is 0.696. The first-order chi connectivity index (χ1) is 16.4. The molecule has 0 unspecified atom stereocenters. The maximum Gasteiger partial charge on any atom is 0.341 e. The van der Waals surface area contributed by atoms with Gasteiger partial charge < -0.3 is 20.1 Å². The van der Waals surface area contributed by atoms with Crippen molar-refractivity contribution in [3.05, 3.63) is 29.3 Å². The fourth-order valence-corrected chi connectivity index (χ4v) is 4.45. The third-order valence-corrected chi connectivity index (χ3v) is 5.72. The van der Waals surface area contributed by atoms with Gasteiger partial charge in [0.1, 0.15) is 5.75 Å². The zero-order valence-electron chi connectivity index (χ0n) is 23.9.